The van der Waals surface area contributed by atoms with Gasteiger partial charge in [0.05, 0.1) is 11.9 Å². The molecule has 1 saturated carbocycles. The number of furan rings is 1. The molecule has 6 heteroatoms. The van der Waals surface area contributed by atoms with Gasteiger partial charge in [0, 0.05) is 12.6 Å². The number of hydrogen-bond donors (Lipinski definition) is 1. The second-order valence-corrected chi connectivity index (χ2v) is 5.05. The molecule has 0 spiro atoms. The molecule has 3 rings (SSSR count). The zero-order valence-electron chi connectivity index (χ0n) is 9.27. The molecule has 0 radical (unpaired) electrons. The first-order chi connectivity index (χ1) is 8.29. The third-order valence-corrected chi connectivity index (χ3v) is 3.11. The fraction of sp³-hybridized carbons (Fsp3) is 0.455. The van der Waals surface area contributed by atoms with Crippen molar-refractivity contribution in [1.29, 1.82) is 0 Å². The van der Waals surface area contributed by atoms with Crippen LogP contribution in [0.1, 0.15) is 24.3 Å². The van der Waals surface area contributed by atoms with E-state index < -0.39 is 0 Å². The van der Waals surface area contributed by atoms with Crippen molar-refractivity contribution < 1.29 is 4.42 Å². The highest BCUT2D eigenvalue weighted by Crippen LogP contribution is 2.19. The third kappa shape index (κ3) is 2.95. The lowest BCUT2D eigenvalue weighted by Gasteiger charge is -1.97. The van der Waals surface area contributed by atoms with Crippen LogP contribution in [0.25, 0.3) is 0 Å². The summed E-state index contributed by atoms with van der Waals surface area (Å²) < 4.78 is 7.94. The van der Waals surface area contributed by atoms with Crippen molar-refractivity contribution >= 4 is 15.9 Å². The minimum absolute atomic E-state index is 0.613. The van der Waals surface area contributed by atoms with Crippen molar-refractivity contribution in [1.82, 2.24) is 20.3 Å². The van der Waals surface area contributed by atoms with Crippen molar-refractivity contribution in [2.45, 2.75) is 32.0 Å². The van der Waals surface area contributed by atoms with E-state index in [4.69, 9.17) is 4.42 Å². The van der Waals surface area contributed by atoms with E-state index in [0.29, 0.717) is 12.6 Å². The second kappa shape index (κ2) is 4.62. The normalized spacial score (nSPS) is 15.4. The van der Waals surface area contributed by atoms with E-state index in [1.54, 1.807) is 4.68 Å². The van der Waals surface area contributed by atoms with Crippen molar-refractivity contribution in [3.05, 3.63) is 34.5 Å². The maximum atomic E-state index is 5.42. The molecule has 1 N–H and O–H groups in total. The Morgan fingerprint density at radius 1 is 1.47 bits per heavy atom. The largest absolute Gasteiger partial charge is 0.452 e. The van der Waals surface area contributed by atoms with E-state index in [9.17, 15) is 0 Å². The van der Waals surface area contributed by atoms with Crippen LogP contribution in [0.3, 0.4) is 0 Å². The van der Waals surface area contributed by atoms with Crippen LogP contribution in [0.5, 0.6) is 0 Å². The topological polar surface area (TPSA) is 55.9 Å². The molecule has 0 unspecified atom stereocenters. The van der Waals surface area contributed by atoms with E-state index in [1.807, 2.05) is 18.3 Å². The lowest BCUT2D eigenvalue weighted by molar-refractivity contribution is 0.459. The number of aromatic nitrogens is 3. The lowest BCUT2D eigenvalue weighted by atomic mass is 10.4. The summed E-state index contributed by atoms with van der Waals surface area (Å²) in [5.41, 5.74) is 0.975. The van der Waals surface area contributed by atoms with Crippen LogP contribution in [-0.2, 0) is 13.1 Å². The summed E-state index contributed by atoms with van der Waals surface area (Å²) in [6.07, 6.45) is 4.52. The highest BCUT2D eigenvalue weighted by molar-refractivity contribution is 9.10. The lowest BCUT2D eigenvalue weighted by Crippen LogP contribution is -2.15. The molecule has 0 aliphatic heterocycles. The molecule has 1 aliphatic rings. The Labute approximate surface area is 107 Å². The van der Waals surface area contributed by atoms with E-state index in [2.05, 4.69) is 31.6 Å². The minimum Gasteiger partial charge on any atom is -0.452 e. The van der Waals surface area contributed by atoms with E-state index in [-0.39, 0.29) is 0 Å². The predicted molar refractivity (Wildman–Crippen MR) is 65.4 cm³/mol. The molecule has 0 saturated heterocycles. The Morgan fingerprint density at radius 2 is 2.35 bits per heavy atom. The summed E-state index contributed by atoms with van der Waals surface area (Å²) in [5.74, 6) is 0.864. The zero-order chi connectivity index (χ0) is 11.7. The zero-order valence-corrected chi connectivity index (χ0v) is 10.9. The first-order valence-corrected chi connectivity index (χ1v) is 6.45. The molecule has 1 aliphatic carbocycles. The number of rotatable bonds is 5. The predicted octanol–water partition coefficient (Wildman–Crippen LogP) is 1.93. The van der Waals surface area contributed by atoms with Gasteiger partial charge >= 0.3 is 0 Å². The van der Waals surface area contributed by atoms with Gasteiger partial charge in [-0.15, -0.1) is 5.10 Å². The summed E-state index contributed by atoms with van der Waals surface area (Å²) >= 11 is 3.28. The summed E-state index contributed by atoms with van der Waals surface area (Å²) in [7, 11) is 0. The van der Waals surface area contributed by atoms with Gasteiger partial charge in [0.2, 0.25) is 0 Å². The van der Waals surface area contributed by atoms with Crippen LogP contribution in [0, 0.1) is 0 Å². The van der Waals surface area contributed by atoms with Gasteiger partial charge in [-0.3, -0.25) is 0 Å². The monoisotopic (exact) mass is 296 g/mol. The fourth-order valence-electron chi connectivity index (χ4n) is 1.63. The van der Waals surface area contributed by atoms with Gasteiger partial charge in [-0.2, -0.15) is 0 Å². The smallest absolute Gasteiger partial charge is 0.169 e. The summed E-state index contributed by atoms with van der Waals surface area (Å²) in [5, 5.41) is 11.6. The number of hydrogen-bond acceptors (Lipinski definition) is 4. The first kappa shape index (κ1) is 11.0. The minimum atomic E-state index is 0.613. The van der Waals surface area contributed by atoms with Crippen LogP contribution in [0.4, 0.5) is 0 Å². The molecule has 2 aromatic heterocycles. The van der Waals surface area contributed by atoms with Gasteiger partial charge in [0.25, 0.3) is 0 Å². The molecule has 0 bridgehead atoms. The van der Waals surface area contributed by atoms with Crippen LogP contribution in [0.15, 0.2) is 27.4 Å². The summed E-state index contributed by atoms with van der Waals surface area (Å²) in [4.78, 5) is 0. The maximum absolute atomic E-state index is 5.42. The van der Waals surface area contributed by atoms with Crippen molar-refractivity contribution in [3.8, 4) is 0 Å². The van der Waals surface area contributed by atoms with Crippen LogP contribution in [-0.4, -0.2) is 21.0 Å². The molecule has 1 fully saturated rings. The average Bonchev–Trinajstić information content (AvgIpc) is 2.90. The summed E-state index contributed by atoms with van der Waals surface area (Å²) in [6, 6.07) is 4.50. The van der Waals surface area contributed by atoms with Gasteiger partial charge in [-0.05, 0) is 40.9 Å². The molecule has 17 heavy (non-hydrogen) atoms. The van der Waals surface area contributed by atoms with Gasteiger partial charge in [0.15, 0.2) is 4.67 Å². The Morgan fingerprint density at radius 3 is 3.06 bits per heavy atom. The van der Waals surface area contributed by atoms with Crippen molar-refractivity contribution in [3.63, 3.8) is 0 Å². The molecular formula is C11H13BrN4O. The van der Waals surface area contributed by atoms with Crippen LogP contribution >= 0.6 is 15.9 Å². The van der Waals surface area contributed by atoms with Crippen LogP contribution in [0.2, 0.25) is 0 Å². The molecule has 0 atom stereocenters. The van der Waals surface area contributed by atoms with E-state index in [1.165, 1.54) is 12.8 Å². The molecule has 0 aromatic carbocycles. The SMILES string of the molecule is Brc1ccc(Cn2cc(CNC3CC3)nn2)o1. The van der Waals surface area contributed by atoms with E-state index in [0.717, 1.165) is 22.7 Å². The Hall–Kier alpha value is -1.14. The Balaban J connectivity index is 1.59. The molecule has 90 valence electrons. The van der Waals surface area contributed by atoms with Crippen molar-refractivity contribution in [2.75, 3.05) is 0 Å². The van der Waals surface area contributed by atoms with Gasteiger partial charge < -0.3 is 9.73 Å². The molecule has 2 aromatic rings. The standard InChI is InChI=1S/C11H13BrN4O/c12-11-4-3-10(17-11)7-16-6-9(14-15-16)5-13-8-1-2-8/h3-4,6,8,13H,1-2,5,7H2. The summed E-state index contributed by atoms with van der Waals surface area (Å²) in [6.45, 7) is 1.41. The molecule has 0 amide bonds. The highest BCUT2D eigenvalue weighted by Gasteiger charge is 2.20. The third-order valence-electron chi connectivity index (χ3n) is 2.68. The second-order valence-electron chi connectivity index (χ2n) is 4.27. The van der Waals surface area contributed by atoms with Crippen molar-refractivity contribution in [2.24, 2.45) is 0 Å². The molecule has 2 heterocycles. The number of nitrogens with zero attached hydrogens (tertiary/aromatic N) is 3. The average molecular weight is 297 g/mol. The quantitative estimate of drug-likeness (QED) is 0.916. The number of nitrogens with one attached hydrogen (secondary N) is 1. The maximum Gasteiger partial charge on any atom is 0.169 e. The van der Waals surface area contributed by atoms with Gasteiger partial charge in [-0.1, -0.05) is 5.21 Å². The fourth-order valence-corrected chi connectivity index (χ4v) is 1.97. The molecular weight excluding hydrogens is 284 g/mol. The first-order valence-electron chi connectivity index (χ1n) is 5.66. The van der Waals surface area contributed by atoms with Gasteiger partial charge in [0.1, 0.15) is 12.3 Å². The molecule has 5 nitrogen and oxygen atoms in total. The van der Waals surface area contributed by atoms with E-state index >= 15 is 0 Å². The van der Waals surface area contributed by atoms with Gasteiger partial charge in [-0.25, -0.2) is 4.68 Å². The Bertz CT molecular complexity index is 503. The Kier molecular flexibility index (Phi) is 2.98. The van der Waals surface area contributed by atoms with Crippen LogP contribution < -0.4 is 5.32 Å². The highest BCUT2D eigenvalue weighted by atomic mass is 79.9. The number of halogens is 1.